The van der Waals surface area contributed by atoms with E-state index in [1.807, 2.05) is 0 Å². The van der Waals surface area contributed by atoms with E-state index in [1.165, 1.54) is 0 Å². The SMILES string of the molecule is O=C(CCC(=O)c1ccc(Cl)cc1)NC1CCC(Oc2ccc(Cl)cn2)CC1. The van der Waals surface area contributed by atoms with Crippen molar-refractivity contribution in [1.82, 2.24) is 10.3 Å². The minimum Gasteiger partial charge on any atom is -0.474 e. The van der Waals surface area contributed by atoms with Gasteiger partial charge in [-0.2, -0.15) is 0 Å². The van der Waals surface area contributed by atoms with Crippen LogP contribution in [0, 0.1) is 0 Å². The van der Waals surface area contributed by atoms with Gasteiger partial charge in [-0.15, -0.1) is 0 Å². The van der Waals surface area contributed by atoms with Gasteiger partial charge in [-0.05, 0) is 56.0 Å². The van der Waals surface area contributed by atoms with Crippen LogP contribution in [0.15, 0.2) is 42.6 Å². The van der Waals surface area contributed by atoms with E-state index in [0.717, 1.165) is 25.7 Å². The van der Waals surface area contributed by atoms with Gasteiger partial charge in [0.15, 0.2) is 5.78 Å². The number of nitrogens with zero attached hydrogens (tertiary/aromatic N) is 1. The van der Waals surface area contributed by atoms with Gasteiger partial charge in [0.1, 0.15) is 6.10 Å². The Labute approximate surface area is 174 Å². The van der Waals surface area contributed by atoms with Crippen LogP contribution in [0.1, 0.15) is 48.9 Å². The molecule has 0 unspecified atom stereocenters. The lowest BCUT2D eigenvalue weighted by Crippen LogP contribution is -2.39. The fourth-order valence-corrected chi connectivity index (χ4v) is 3.47. The number of ether oxygens (including phenoxy) is 1. The molecular weight excluding hydrogens is 399 g/mol. The third-order valence-corrected chi connectivity index (χ3v) is 5.25. The first-order chi connectivity index (χ1) is 13.5. The molecule has 0 atom stereocenters. The highest BCUT2D eigenvalue weighted by Gasteiger charge is 2.24. The number of halogens is 2. The van der Waals surface area contributed by atoms with E-state index in [4.69, 9.17) is 27.9 Å². The zero-order valence-electron chi connectivity index (χ0n) is 15.4. The van der Waals surface area contributed by atoms with E-state index in [-0.39, 0.29) is 36.7 Å². The number of benzene rings is 1. The maximum Gasteiger partial charge on any atom is 0.220 e. The second-order valence-electron chi connectivity index (χ2n) is 6.90. The third kappa shape index (κ3) is 6.21. The molecule has 0 saturated heterocycles. The Morgan fingerprint density at radius 2 is 1.64 bits per heavy atom. The molecule has 0 radical (unpaired) electrons. The molecular formula is C21H22Cl2N2O3. The molecule has 1 heterocycles. The van der Waals surface area contributed by atoms with Crippen molar-refractivity contribution < 1.29 is 14.3 Å². The van der Waals surface area contributed by atoms with Crippen molar-refractivity contribution >= 4 is 34.9 Å². The minimum absolute atomic E-state index is 0.0561. The van der Waals surface area contributed by atoms with Crippen LogP contribution in [0.3, 0.4) is 0 Å². The first kappa shape index (κ1) is 20.6. The van der Waals surface area contributed by atoms with E-state index in [1.54, 1.807) is 42.6 Å². The van der Waals surface area contributed by atoms with Crippen molar-refractivity contribution in [2.75, 3.05) is 0 Å². The summed E-state index contributed by atoms with van der Waals surface area (Å²) in [6.07, 6.45) is 5.41. The van der Waals surface area contributed by atoms with Crippen LogP contribution >= 0.6 is 23.2 Å². The molecule has 1 aromatic carbocycles. The highest BCUT2D eigenvalue weighted by Crippen LogP contribution is 2.23. The van der Waals surface area contributed by atoms with E-state index < -0.39 is 0 Å². The Balaban J connectivity index is 1.37. The summed E-state index contributed by atoms with van der Waals surface area (Å²) < 4.78 is 5.86. The number of Topliss-reactive ketones (excluding diaryl/α,β-unsaturated/α-hetero) is 1. The number of aromatic nitrogens is 1. The molecule has 1 N–H and O–H groups in total. The van der Waals surface area contributed by atoms with Gasteiger partial charge in [0.25, 0.3) is 0 Å². The lowest BCUT2D eigenvalue weighted by Gasteiger charge is -2.29. The van der Waals surface area contributed by atoms with Gasteiger partial charge in [-0.1, -0.05) is 23.2 Å². The number of carbonyl (C=O) groups is 2. The van der Waals surface area contributed by atoms with Crippen molar-refractivity contribution in [3.05, 3.63) is 58.2 Å². The average molecular weight is 421 g/mol. The molecule has 1 fully saturated rings. The molecule has 3 rings (SSSR count). The molecule has 0 aliphatic heterocycles. The molecule has 7 heteroatoms. The average Bonchev–Trinajstić information content (AvgIpc) is 2.70. The number of rotatable bonds is 7. The minimum atomic E-state index is -0.0916. The molecule has 28 heavy (non-hydrogen) atoms. The summed E-state index contributed by atoms with van der Waals surface area (Å²) in [6.45, 7) is 0. The van der Waals surface area contributed by atoms with Gasteiger partial charge in [0.2, 0.25) is 11.8 Å². The first-order valence-corrected chi connectivity index (χ1v) is 10.1. The van der Waals surface area contributed by atoms with Crippen LogP contribution in [0.5, 0.6) is 5.88 Å². The Kier molecular flexibility index (Phi) is 7.29. The first-order valence-electron chi connectivity index (χ1n) is 9.36. The summed E-state index contributed by atoms with van der Waals surface area (Å²) in [7, 11) is 0. The molecule has 1 aliphatic rings. The lowest BCUT2D eigenvalue weighted by atomic mass is 9.92. The molecule has 0 spiro atoms. The fourth-order valence-electron chi connectivity index (χ4n) is 3.23. The topological polar surface area (TPSA) is 68.3 Å². The van der Waals surface area contributed by atoms with Gasteiger partial charge in [-0.3, -0.25) is 9.59 Å². The number of hydrogen-bond acceptors (Lipinski definition) is 4. The number of amides is 1. The smallest absolute Gasteiger partial charge is 0.220 e. The Hall–Kier alpha value is -2.11. The number of ketones is 1. The normalized spacial score (nSPS) is 19.1. The lowest BCUT2D eigenvalue weighted by molar-refractivity contribution is -0.122. The highest BCUT2D eigenvalue weighted by molar-refractivity contribution is 6.30. The van der Waals surface area contributed by atoms with Gasteiger partial charge < -0.3 is 10.1 Å². The molecule has 1 aromatic heterocycles. The number of nitrogens with one attached hydrogen (secondary N) is 1. The number of pyridine rings is 1. The van der Waals surface area contributed by atoms with Crippen molar-refractivity contribution in [3.8, 4) is 5.88 Å². The monoisotopic (exact) mass is 420 g/mol. The van der Waals surface area contributed by atoms with Crippen LogP contribution in [0.25, 0.3) is 0 Å². The predicted octanol–water partition coefficient (Wildman–Crippen LogP) is 4.86. The van der Waals surface area contributed by atoms with Gasteiger partial charge >= 0.3 is 0 Å². The number of hydrogen-bond donors (Lipinski definition) is 1. The van der Waals surface area contributed by atoms with Crippen molar-refractivity contribution in [3.63, 3.8) is 0 Å². The molecule has 1 aliphatic carbocycles. The molecule has 1 amide bonds. The van der Waals surface area contributed by atoms with E-state index in [9.17, 15) is 9.59 Å². The Bertz CT molecular complexity index is 801. The van der Waals surface area contributed by atoms with Crippen molar-refractivity contribution in [1.29, 1.82) is 0 Å². The standard InChI is InChI=1S/C21H22Cl2N2O3/c22-15-3-1-14(2-4-15)19(26)10-11-20(27)25-17-6-8-18(9-7-17)28-21-12-5-16(23)13-24-21/h1-5,12-13,17-18H,6-11H2,(H,25,27). The van der Waals surface area contributed by atoms with Gasteiger partial charge in [0.05, 0.1) is 5.02 Å². The Morgan fingerprint density at radius 1 is 0.964 bits per heavy atom. The van der Waals surface area contributed by atoms with Crippen LogP contribution < -0.4 is 10.1 Å². The zero-order valence-corrected chi connectivity index (χ0v) is 16.9. The van der Waals surface area contributed by atoms with Crippen LogP contribution in [0.4, 0.5) is 0 Å². The molecule has 1 saturated carbocycles. The summed E-state index contributed by atoms with van der Waals surface area (Å²) in [4.78, 5) is 28.5. The van der Waals surface area contributed by atoms with Crippen LogP contribution in [-0.4, -0.2) is 28.8 Å². The quantitative estimate of drug-likeness (QED) is 0.649. The Morgan fingerprint density at radius 3 is 2.29 bits per heavy atom. The molecule has 2 aromatic rings. The summed E-state index contributed by atoms with van der Waals surface area (Å²) in [5, 5.41) is 4.19. The van der Waals surface area contributed by atoms with E-state index in [2.05, 4.69) is 10.3 Å². The summed E-state index contributed by atoms with van der Waals surface area (Å²) in [6, 6.07) is 10.3. The number of carbonyl (C=O) groups excluding carboxylic acids is 2. The molecule has 5 nitrogen and oxygen atoms in total. The second kappa shape index (κ2) is 9.89. The van der Waals surface area contributed by atoms with E-state index >= 15 is 0 Å². The van der Waals surface area contributed by atoms with Crippen LogP contribution in [0.2, 0.25) is 10.0 Å². The molecule has 148 valence electrons. The van der Waals surface area contributed by atoms with Crippen LogP contribution in [-0.2, 0) is 4.79 Å². The zero-order chi connectivity index (χ0) is 19.9. The maximum absolute atomic E-state index is 12.2. The van der Waals surface area contributed by atoms with Crippen molar-refractivity contribution in [2.24, 2.45) is 0 Å². The fraction of sp³-hybridized carbons (Fsp3) is 0.381. The maximum atomic E-state index is 12.2. The van der Waals surface area contributed by atoms with Gasteiger partial charge in [-0.25, -0.2) is 4.98 Å². The highest BCUT2D eigenvalue weighted by atomic mass is 35.5. The summed E-state index contributed by atoms with van der Waals surface area (Å²) in [5.41, 5.74) is 0.575. The predicted molar refractivity (Wildman–Crippen MR) is 109 cm³/mol. The van der Waals surface area contributed by atoms with Crippen molar-refractivity contribution in [2.45, 2.75) is 50.7 Å². The molecule has 0 bridgehead atoms. The third-order valence-electron chi connectivity index (χ3n) is 4.77. The summed E-state index contributed by atoms with van der Waals surface area (Å²) in [5.74, 6) is 0.419. The second-order valence-corrected chi connectivity index (χ2v) is 7.78. The largest absolute Gasteiger partial charge is 0.474 e. The summed E-state index contributed by atoms with van der Waals surface area (Å²) >= 11 is 11.6. The van der Waals surface area contributed by atoms with Gasteiger partial charge in [0, 0.05) is 41.7 Å². The van der Waals surface area contributed by atoms with E-state index in [0.29, 0.717) is 21.5 Å².